The fraction of sp³-hybridized carbons (Fsp3) is 0.273. The van der Waals surface area contributed by atoms with E-state index in [1.807, 2.05) is 54.7 Å². The van der Waals surface area contributed by atoms with Gasteiger partial charge in [0.1, 0.15) is 11.8 Å². The first-order valence-electron chi connectivity index (χ1n) is 9.29. The van der Waals surface area contributed by atoms with Crippen LogP contribution in [0.1, 0.15) is 18.1 Å². The van der Waals surface area contributed by atoms with Gasteiger partial charge in [-0.05, 0) is 35.7 Å². The van der Waals surface area contributed by atoms with Crippen LogP contribution in [0.3, 0.4) is 0 Å². The highest BCUT2D eigenvalue weighted by Crippen LogP contribution is 2.19. The molecular weight excluding hydrogens is 354 g/mol. The molecule has 0 unspecified atom stereocenters. The molecule has 0 radical (unpaired) electrons. The van der Waals surface area contributed by atoms with Crippen LogP contribution in [0.5, 0.6) is 5.75 Å². The summed E-state index contributed by atoms with van der Waals surface area (Å²) < 4.78 is 5.15. The average molecular weight is 379 g/mol. The van der Waals surface area contributed by atoms with Gasteiger partial charge in [0, 0.05) is 37.0 Å². The molecule has 0 bridgehead atoms. The van der Waals surface area contributed by atoms with Gasteiger partial charge in [0.05, 0.1) is 7.11 Å². The van der Waals surface area contributed by atoms with Gasteiger partial charge in [0.25, 0.3) is 0 Å². The number of ether oxygens (including phenoxy) is 1. The number of rotatable bonds is 8. The van der Waals surface area contributed by atoms with Crippen molar-refractivity contribution >= 4 is 22.7 Å². The molecule has 1 aromatic heterocycles. The summed E-state index contributed by atoms with van der Waals surface area (Å²) in [6.45, 7) is 1.92. The molecule has 1 atom stereocenters. The molecule has 3 rings (SSSR count). The molecule has 6 nitrogen and oxygen atoms in total. The number of aromatic nitrogens is 1. The molecule has 1 heterocycles. The zero-order chi connectivity index (χ0) is 19.9. The summed E-state index contributed by atoms with van der Waals surface area (Å²) in [5.74, 6) is 0.390. The monoisotopic (exact) mass is 379 g/mol. The summed E-state index contributed by atoms with van der Waals surface area (Å²) >= 11 is 0. The second-order valence-corrected chi connectivity index (χ2v) is 6.71. The lowest BCUT2D eigenvalue weighted by atomic mass is 10.0. The Morgan fingerprint density at radius 2 is 1.86 bits per heavy atom. The summed E-state index contributed by atoms with van der Waals surface area (Å²) in [6.07, 6.45) is 3.03. The molecule has 0 aliphatic carbocycles. The molecule has 2 amide bonds. The fourth-order valence-electron chi connectivity index (χ4n) is 3.22. The maximum atomic E-state index is 12.7. The molecule has 2 aromatic carbocycles. The van der Waals surface area contributed by atoms with Crippen molar-refractivity contribution in [1.29, 1.82) is 0 Å². The largest absolute Gasteiger partial charge is 0.497 e. The van der Waals surface area contributed by atoms with Gasteiger partial charge in [0.15, 0.2) is 0 Å². The summed E-state index contributed by atoms with van der Waals surface area (Å²) in [5.41, 5.74) is 3.12. The molecule has 0 aliphatic rings. The molecule has 0 aliphatic heterocycles. The number of fused-ring (bicyclic) bond motifs is 1. The number of methoxy groups -OCH3 is 1. The Morgan fingerprint density at radius 3 is 2.57 bits per heavy atom. The Labute approximate surface area is 164 Å². The smallest absolute Gasteiger partial charge is 0.242 e. The number of nitrogens with one attached hydrogen (secondary N) is 3. The van der Waals surface area contributed by atoms with Crippen molar-refractivity contribution < 1.29 is 14.3 Å². The van der Waals surface area contributed by atoms with E-state index in [2.05, 4.69) is 15.6 Å². The van der Waals surface area contributed by atoms with Crippen molar-refractivity contribution in [2.24, 2.45) is 0 Å². The zero-order valence-electron chi connectivity index (χ0n) is 16.1. The van der Waals surface area contributed by atoms with E-state index in [9.17, 15) is 9.59 Å². The third-order valence-corrected chi connectivity index (χ3v) is 4.66. The van der Waals surface area contributed by atoms with Crippen LogP contribution in [0.25, 0.3) is 10.9 Å². The molecule has 0 saturated carbocycles. The first kappa shape index (κ1) is 19.5. The van der Waals surface area contributed by atoms with Crippen LogP contribution < -0.4 is 15.4 Å². The van der Waals surface area contributed by atoms with Crippen LogP contribution >= 0.6 is 0 Å². The second-order valence-electron chi connectivity index (χ2n) is 6.71. The van der Waals surface area contributed by atoms with Gasteiger partial charge in [-0.2, -0.15) is 0 Å². The minimum absolute atomic E-state index is 0.186. The van der Waals surface area contributed by atoms with Crippen LogP contribution in [0.15, 0.2) is 54.7 Å². The lowest BCUT2D eigenvalue weighted by Gasteiger charge is -2.17. The lowest BCUT2D eigenvalue weighted by molar-refractivity contribution is -0.128. The molecular formula is C22H25N3O3. The topological polar surface area (TPSA) is 83.2 Å². The zero-order valence-corrected chi connectivity index (χ0v) is 16.1. The average Bonchev–Trinajstić information content (AvgIpc) is 3.10. The first-order chi connectivity index (χ1) is 13.6. The highest BCUT2D eigenvalue weighted by molar-refractivity contribution is 5.89. The Morgan fingerprint density at radius 1 is 1.11 bits per heavy atom. The number of amides is 2. The molecule has 3 N–H and O–H groups in total. The van der Waals surface area contributed by atoms with Crippen molar-refractivity contribution in [3.8, 4) is 5.75 Å². The minimum Gasteiger partial charge on any atom is -0.497 e. The second kappa shape index (κ2) is 9.08. The van der Waals surface area contributed by atoms with Crippen molar-refractivity contribution in [2.45, 2.75) is 25.8 Å². The maximum absolute atomic E-state index is 12.7. The van der Waals surface area contributed by atoms with Gasteiger partial charge >= 0.3 is 0 Å². The van der Waals surface area contributed by atoms with E-state index in [0.29, 0.717) is 19.4 Å². The van der Waals surface area contributed by atoms with Crippen LogP contribution in [0.4, 0.5) is 0 Å². The van der Waals surface area contributed by atoms with Gasteiger partial charge in [-0.1, -0.05) is 30.3 Å². The van der Waals surface area contributed by atoms with Gasteiger partial charge < -0.3 is 20.4 Å². The van der Waals surface area contributed by atoms with E-state index in [1.165, 1.54) is 6.92 Å². The number of carbonyl (C=O) groups excluding carboxylic acids is 2. The van der Waals surface area contributed by atoms with E-state index >= 15 is 0 Å². The summed E-state index contributed by atoms with van der Waals surface area (Å²) in [6, 6.07) is 15.0. The Kier molecular flexibility index (Phi) is 6.32. The molecule has 0 fully saturated rings. The van der Waals surface area contributed by atoms with E-state index < -0.39 is 6.04 Å². The third kappa shape index (κ3) is 4.91. The number of carbonyl (C=O) groups is 2. The number of hydrogen-bond acceptors (Lipinski definition) is 3. The number of aromatic amines is 1. The van der Waals surface area contributed by atoms with Gasteiger partial charge in [-0.3, -0.25) is 9.59 Å². The van der Waals surface area contributed by atoms with E-state index in [0.717, 1.165) is 27.8 Å². The quantitative estimate of drug-likeness (QED) is 0.563. The van der Waals surface area contributed by atoms with Crippen LogP contribution in [-0.4, -0.2) is 36.5 Å². The molecule has 3 aromatic rings. The standard InChI is InChI=1S/C22H25N3O3/c1-15(26)25-21(13-17-14-24-20-6-4-3-5-19(17)20)22(27)23-12-11-16-7-9-18(28-2)10-8-16/h3-10,14,21,24H,11-13H2,1-2H3,(H,23,27)(H,25,26)/t21-/m1/s1. The SMILES string of the molecule is COc1ccc(CCNC(=O)[C@@H](Cc2c[nH]c3ccccc23)NC(C)=O)cc1. The molecule has 0 saturated heterocycles. The third-order valence-electron chi connectivity index (χ3n) is 4.66. The Balaban J connectivity index is 1.61. The number of hydrogen-bond donors (Lipinski definition) is 3. The Hall–Kier alpha value is -3.28. The van der Waals surface area contributed by atoms with Gasteiger partial charge in [-0.15, -0.1) is 0 Å². The predicted molar refractivity (Wildman–Crippen MR) is 109 cm³/mol. The van der Waals surface area contributed by atoms with Crippen molar-refractivity contribution in [1.82, 2.24) is 15.6 Å². The van der Waals surface area contributed by atoms with Crippen LogP contribution in [0, 0.1) is 0 Å². The minimum atomic E-state index is -0.618. The van der Waals surface area contributed by atoms with Gasteiger partial charge in [0.2, 0.25) is 11.8 Å². The molecule has 28 heavy (non-hydrogen) atoms. The molecule has 0 spiro atoms. The normalized spacial score (nSPS) is 11.8. The van der Waals surface area contributed by atoms with Crippen molar-refractivity contribution in [3.63, 3.8) is 0 Å². The van der Waals surface area contributed by atoms with Crippen molar-refractivity contribution in [3.05, 3.63) is 65.9 Å². The fourth-order valence-corrected chi connectivity index (χ4v) is 3.22. The first-order valence-corrected chi connectivity index (χ1v) is 9.29. The number of benzene rings is 2. The van der Waals surface area contributed by atoms with E-state index in [4.69, 9.17) is 4.74 Å². The summed E-state index contributed by atoms with van der Waals surface area (Å²) in [7, 11) is 1.63. The van der Waals surface area contributed by atoms with Crippen molar-refractivity contribution in [2.75, 3.05) is 13.7 Å². The number of para-hydroxylation sites is 1. The summed E-state index contributed by atoms with van der Waals surface area (Å²) in [4.78, 5) is 27.5. The summed E-state index contributed by atoms with van der Waals surface area (Å²) in [5, 5.41) is 6.75. The van der Waals surface area contributed by atoms with Crippen LogP contribution in [0.2, 0.25) is 0 Å². The molecule has 146 valence electrons. The predicted octanol–water partition coefficient (Wildman–Crippen LogP) is 2.58. The lowest BCUT2D eigenvalue weighted by Crippen LogP contribution is -2.47. The van der Waals surface area contributed by atoms with E-state index in [1.54, 1.807) is 7.11 Å². The van der Waals surface area contributed by atoms with Crippen LogP contribution in [-0.2, 0) is 22.4 Å². The highest BCUT2D eigenvalue weighted by atomic mass is 16.5. The van der Waals surface area contributed by atoms with Gasteiger partial charge in [-0.25, -0.2) is 0 Å². The number of H-pyrrole nitrogens is 1. The Bertz CT molecular complexity index is 947. The van der Waals surface area contributed by atoms with E-state index in [-0.39, 0.29) is 11.8 Å². The highest BCUT2D eigenvalue weighted by Gasteiger charge is 2.21. The maximum Gasteiger partial charge on any atom is 0.242 e. The molecule has 6 heteroatoms.